The number of hydrogen-bond donors (Lipinski definition) is 2. The van der Waals surface area contributed by atoms with Crippen molar-refractivity contribution < 1.29 is 13.2 Å². The number of nitrogens with one attached hydrogen (secondary N) is 2. The van der Waals surface area contributed by atoms with E-state index in [4.69, 9.17) is 0 Å². The average Bonchev–Trinajstić information content (AvgIpc) is 2.08. The van der Waals surface area contributed by atoms with Gasteiger partial charge in [-0.3, -0.25) is 5.43 Å². The van der Waals surface area contributed by atoms with Crippen molar-refractivity contribution in [2.75, 3.05) is 6.54 Å². The molecule has 1 aliphatic heterocycles. The lowest BCUT2D eigenvalue weighted by atomic mass is 10.2. The smallest absolute Gasteiger partial charge is 0.257 e. The molecule has 0 saturated carbocycles. The topological polar surface area (TPSA) is 24.1 Å². The molecule has 1 fully saturated rings. The summed E-state index contributed by atoms with van der Waals surface area (Å²) in [6.45, 7) is 0.393. The molecule has 54 valence electrons. The Morgan fingerprint density at radius 2 is 2.00 bits per heavy atom. The Bertz CT molecular complexity index is 94.5. The lowest BCUT2D eigenvalue weighted by Gasteiger charge is -2.12. The first-order valence-electron chi connectivity index (χ1n) is 2.66. The van der Waals surface area contributed by atoms with E-state index in [1.54, 1.807) is 0 Å². The van der Waals surface area contributed by atoms with Crippen molar-refractivity contribution in [3.8, 4) is 0 Å². The van der Waals surface area contributed by atoms with Crippen LogP contribution in [0.5, 0.6) is 0 Å². The minimum Gasteiger partial charge on any atom is -0.257 e. The van der Waals surface area contributed by atoms with Gasteiger partial charge in [-0.25, -0.2) is 5.43 Å². The van der Waals surface area contributed by atoms with Crippen molar-refractivity contribution in [3.63, 3.8) is 0 Å². The van der Waals surface area contributed by atoms with Crippen LogP contribution in [-0.4, -0.2) is 18.8 Å². The summed E-state index contributed by atoms with van der Waals surface area (Å²) >= 11 is 0. The molecule has 0 unspecified atom stereocenters. The third-order valence-electron chi connectivity index (χ3n) is 1.23. The molecule has 0 amide bonds. The summed E-state index contributed by atoms with van der Waals surface area (Å²) in [7, 11) is 0. The van der Waals surface area contributed by atoms with E-state index in [0.29, 0.717) is 6.54 Å². The first kappa shape index (κ1) is 6.82. The van der Waals surface area contributed by atoms with Crippen molar-refractivity contribution in [1.82, 2.24) is 10.9 Å². The highest BCUT2D eigenvalue weighted by atomic mass is 19.4. The highest BCUT2D eigenvalue weighted by Gasteiger charge is 2.40. The predicted molar refractivity (Wildman–Crippen MR) is 25.6 cm³/mol. The van der Waals surface area contributed by atoms with E-state index in [0.717, 1.165) is 0 Å². The molecule has 0 aromatic rings. The number of halogens is 3. The van der Waals surface area contributed by atoms with E-state index in [9.17, 15) is 13.2 Å². The van der Waals surface area contributed by atoms with E-state index >= 15 is 0 Å². The largest absolute Gasteiger partial charge is 0.405 e. The van der Waals surface area contributed by atoms with Crippen LogP contribution in [0.15, 0.2) is 0 Å². The van der Waals surface area contributed by atoms with Gasteiger partial charge in [0, 0.05) is 6.54 Å². The Labute approximate surface area is 50.4 Å². The van der Waals surface area contributed by atoms with Crippen LogP contribution >= 0.6 is 0 Å². The Balaban J connectivity index is 2.42. The van der Waals surface area contributed by atoms with Gasteiger partial charge in [-0.05, 0) is 6.42 Å². The minimum atomic E-state index is -4.09. The molecule has 1 atom stereocenters. The maximum atomic E-state index is 11.7. The van der Waals surface area contributed by atoms with Crippen molar-refractivity contribution in [3.05, 3.63) is 0 Å². The van der Waals surface area contributed by atoms with Crippen molar-refractivity contribution in [2.24, 2.45) is 0 Å². The second-order valence-corrected chi connectivity index (χ2v) is 1.95. The SMILES string of the molecule is FC(F)(F)[C@@H]1CCNN1. The van der Waals surface area contributed by atoms with Gasteiger partial charge in [0.15, 0.2) is 0 Å². The molecule has 1 aliphatic rings. The van der Waals surface area contributed by atoms with Gasteiger partial charge < -0.3 is 0 Å². The molecule has 9 heavy (non-hydrogen) atoms. The number of hydrazine groups is 1. The van der Waals surface area contributed by atoms with Crippen LogP contribution in [0.4, 0.5) is 13.2 Å². The van der Waals surface area contributed by atoms with Crippen molar-refractivity contribution >= 4 is 0 Å². The van der Waals surface area contributed by atoms with Crippen LogP contribution in [0.2, 0.25) is 0 Å². The fourth-order valence-electron chi connectivity index (χ4n) is 0.730. The first-order valence-corrected chi connectivity index (χ1v) is 2.66. The van der Waals surface area contributed by atoms with Gasteiger partial charge >= 0.3 is 6.18 Å². The third-order valence-corrected chi connectivity index (χ3v) is 1.23. The summed E-state index contributed by atoms with van der Waals surface area (Å²) in [5, 5.41) is 0. The third kappa shape index (κ3) is 1.56. The average molecular weight is 140 g/mol. The van der Waals surface area contributed by atoms with Crippen LogP contribution in [0, 0.1) is 0 Å². The fraction of sp³-hybridized carbons (Fsp3) is 1.00. The summed E-state index contributed by atoms with van der Waals surface area (Å²) in [5.74, 6) is 0. The zero-order valence-electron chi connectivity index (χ0n) is 4.63. The van der Waals surface area contributed by atoms with E-state index in [-0.39, 0.29) is 6.42 Å². The molecule has 1 heterocycles. The lowest BCUT2D eigenvalue weighted by Crippen LogP contribution is -2.40. The van der Waals surface area contributed by atoms with Gasteiger partial charge in [0.2, 0.25) is 0 Å². The summed E-state index contributed by atoms with van der Waals surface area (Å²) in [4.78, 5) is 0. The minimum absolute atomic E-state index is 0.128. The number of hydrogen-bond acceptors (Lipinski definition) is 2. The first-order chi connectivity index (χ1) is 4.11. The highest BCUT2D eigenvalue weighted by Crippen LogP contribution is 2.23. The Morgan fingerprint density at radius 3 is 2.22 bits per heavy atom. The van der Waals surface area contributed by atoms with Crippen LogP contribution in [0.25, 0.3) is 0 Å². The molecular formula is C4H7F3N2. The molecule has 2 nitrogen and oxygen atoms in total. The predicted octanol–water partition coefficient (Wildman–Crippen LogP) is 0.415. The highest BCUT2D eigenvalue weighted by molar-refractivity contribution is 4.78. The van der Waals surface area contributed by atoms with E-state index in [1.165, 1.54) is 0 Å². The van der Waals surface area contributed by atoms with Gasteiger partial charge in [0.1, 0.15) is 6.04 Å². The standard InChI is InChI=1S/C4H7F3N2/c5-4(6,7)3-1-2-8-9-3/h3,8-9H,1-2H2/t3-/m0/s1. The second-order valence-electron chi connectivity index (χ2n) is 1.95. The van der Waals surface area contributed by atoms with Gasteiger partial charge in [0.05, 0.1) is 0 Å². The molecule has 5 heteroatoms. The van der Waals surface area contributed by atoms with E-state index < -0.39 is 12.2 Å². The van der Waals surface area contributed by atoms with Crippen LogP contribution in [0.3, 0.4) is 0 Å². The Morgan fingerprint density at radius 1 is 1.33 bits per heavy atom. The molecule has 2 N–H and O–H groups in total. The normalized spacial score (nSPS) is 29.0. The fourth-order valence-corrected chi connectivity index (χ4v) is 0.730. The van der Waals surface area contributed by atoms with E-state index in [2.05, 4.69) is 10.9 Å². The van der Waals surface area contributed by atoms with E-state index in [1.807, 2.05) is 0 Å². The number of rotatable bonds is 0. The molecule has 0 aromatic heterocycles. The number of alkyl halides is 3. The van der Waals surface area contributed by atoms with Crippen molar-refractivity contribution in [1.29, 1.82) is 0 Å². The Kier molecular flexibility index (Phi) is 1.63. The molecule has 0 bridgehead atoms. The molecule has 1 saturated heterocycles. The van der Waals surface area contributed by atoms with Crippen LogP contribution < -0.4 is 10.9 Å². The monoisotopic (exact) mass is 140 g/mol. The van der Waals surface area contributed by atoms with Gasteiger partial charge in [0.25, 0.3) is 0 Å². The second kappa shape index (κ2) is 2.15. The molecule has 0 aromatic carbocycles. The molecular weight excluding hydrogens is 133 g/mol. The van der Waals surface area contributed by atoms with Gasteiger partial charge in [-0.1, -0.05) is 0 Å². The lowest BCUT2D eigenvalue weighted by molar-refractivity contribution is -0.152. The molecule has 1 rings (SSSR count). The summed E-state index contributed by atoms with van der Waals surface area (Å²) in [6.07, 6.45) is -3.97. The van der Waals surface area contributed by atoms with Crippen LogP contribution in [0.1, 0.15) is 6.42 Å². The van der Waals surface area contributed by atoms with Crippen LogP contribution in [-0.2, 0) is 0 Å². The van der Waals surface area contributed by atoms with Gasteiger partial charge in [-0.15, -0.1) is 0 Å². The molecule has 0 spiro atoms. The Hall–Kier alpha value is -0.290. The van der Waals surface area contributed by atoms with Crippen molar-refractivity contribution in [2.45, 2.75) is 18.6 Å². The maximum absolute atomic E-state index is 11.7. The van der Waals surface area contributed by atoms with Gasteiger partial charge in [-0.2, -0.15) is 13.2 Å². The zero-order chi connectivity index (χ0) is 6.91. The summed E-state index contributed by atoms with van der Waals surface area (Å²) < 4.78 is 35.0. The summed E-state index contributed by atoms with van der Waals surface area (Å²) in [5.41, 5.74) is 4.53. The summed E-state index contributed by atoms with van der Waals surface area (Å²) in [6, 6.07) is -1.35. The molecule has 0 aliphatic carbocycles. The maximum Gasteiger partial charge on any atom is 0.405 e. The quantitative estimate of drug-likeness (QED) is 0.509. The zero-order valence-corrected chi connectivity index (χ0v) is 4.63. The molecule has 0 radical (unpaired) electrons.